The molecule has 0 amide bonds. The van der Waals surface area contributed by atoms with Crippen molar-refractivity contribution in [3.63, 3.8) is 0 Å². The Labute approximate surface area is 102 Å². The fourth-order valence-electron chi connectivity index (χ4n) is 1.89. The van der Waals surface area contributed by atoms with Gasteiger partial charge in [-0.05, 0) is 18.2 Å². The van der Waals surface area contributed by atoms with Crippen LogP contribution in [0.15, 0.2) is 36.5 Å². The van der Waals surface area contributed by atoms with Crippen LogP contribution in [0.2, 0.25) is 0 Å². The molecule has 0 fully saturated rings. The van der Waals surface area contributed by atoms with Gasteiger partial charge in [0, 0.05) is 31.2 Å². The van der Waals surface area contributed by atoms with Crippen molar-refractivity contribution in [2.75, 3.05) is 19.6 Å². The topological polar surface area (TPSA) is 37.0 Å². The van der Waals surface area contributed by atoms with Crippen molar-refractivity contribution in [2.24, 2.45) is 0 Å². The van der Waals surface area contributed by atoms with E-state index in [9.17, 15) is 0 Å². The van der Waals surface area contributed by atoms with Crippen LogP contribution in [0, 0.1) is 0 Å². The van der Waals surface area contributed by atoms with Crippen LogP contribution in [0.5, 0.6) is 0 Å². The Morgan fingerprint density at radius 1 is 1.06 bits per heavy atom. The fourth-order valence-corrected chi connectivity index (χ4v) is 1.89. The van der Waals surface area contributed by atoms with E-state index in [1.807, 2.05) is 12.3 Å². The minimum atomic E-state index is 0.875. The van der Waals surface area contributed by atoms with Gasteiger partial charge in [0.2, 0.25) is 0 Å². The summed E-state index contributed by atoms with van der Waals surface area (Å²) >= 11 is 0. The maximum absolute atomic E-state index is 4.44. The van der Waals surface area contributed by atoms with E-state index in [1.165, 1.54) is 10.9 Å². The van der Waals surface area contributed by atoms with Crippen LogP contribution in [0.3, 0.4) is 0 Å². The zero-order chi connectivity index (χ0) is 11.9. The molecule has 0 aliphatic heterocycles. The Hall–Kier alpha value is -1.45. The van der Waals surface area contributed by atoms with Gasteiger partial charge in [-0.2, -0.15) is 0 Å². The van der Waals surface area contributed by atoms with Crippen LogP contribution in [0.4, 0.5) is 0 Å². The second-order valence-electron chi connectivity index (χ2n) is 4.02. The molecule has 0 spiro atoms. The highest BCUT2D eigenvalue weighted by Crippen LogP contribution is 2.15. The van der Waals surface area contributed by atoms with Crippen LogP contribution in [0.1, 0.15) is 12.5 Å². The van der Waals surface area contributed by atoms with Gasteiger partial charge in [-0.3, -0.25) is 4.98 Å². The molecule has 2 aromatic rings. The highest BCUT2D eigenvalue weighted by molar-refractivity contribution is 5.81. The first-order valence-electron chi connectivity index (χ1n) is 6.16. The number of aromatic nitrogens is 1. The van der Waals surface area contributed by atoms with Gasteiger partial charge in [-0.25, -0.2) is 0 Å². The predicted molar refractivity (Wildman–Crippen MR) is 72.0 cm³/mol. The third kappa shape index (κ3) is 3.25. The minimum Gasteiger partial charge on any atom is -0.316 e. The second kappa shape index (κ2) is 6.33. The van der Waals surface area contributed by atoms with Crippen LogP contribution in [-0.4, -0.2) is 24.6 Å². The van der Waals surface area contributed by atoms with Crippen molar-refractivity contribution in [2.45, 2.75) is 13.5 Å². The molecule has 0 aliphatic carbocycles. The molecule has 0 bridgehead atoms. The summed E-state index contributed by atoms with van der Waals surface area (Å²) in [6.45, 7) is 6.01. The molecule has 3 nitrogen and oxygen atoms in total. The van der Waals surface area contributed by atoms with Gasteiger partial charge >= 0.3 is 0 Å². The SMILES string of the molecule is CCNCCNCc1cccc2cccnc12. The van der Waals surface area contributed by atoms with Crippen LogP contribution in [-0.2, 0) is 6.54 Å². The predicted octanol–water partition coefficient (Wildman–Crippen LogP) is 1.93. The summed E-state index contributed by atoms with van der Waals surface area (Å²) in [5, 5.41) is 7.93. The van der Waals surface area contributed by atoms with Gasteiger partial charge in [0.25, 0.3) is 0 Å². The van der Waals surface area contributed by atoms with Gasteiger partial charge in [0.1, 0.15) is 0 Å². The van der Waals surface area contributed by atoms with Gasteiger partial charge in [0.05, 0.1) is 5.52 Å². The molecule has 3 heteroatoms. The molecule has 0 saturated carbocycles. The smallest absolute Gasteiger partial charge is 0.0746 e. The monoisotopic (exact) mass is 229 g/mol. The molecule has 17 heavy (non-hydrogen) atoms. The maximum atomic E-state index is 4.44. The molecule has 0 aliphatic rings. The van der Waals surface area contributed by atoms with Crippen molar-refractivity contribution in [1.29, 1.82) is 0 Å². The number of hydrogen-bond acceptors (Lipinski definition) is 3. The average molecular weight is 229 g/mol. The Morgan fingerprint density at radius 3 is 2.76 bits per heavy atom. The molecule has 1 heterocycles. The third-order valence-corrected chi connectivity index (χ3v) is 2.76. The van der Waals surface area contributed by atoms with E-state index >= 15 is 0 Å². The van der Waals surface area contributed by atoms with E-state index in [2.05, 4.69) is 46.8 Å². The summed E-state index contributed by atoms with van der Waals surface area (Å²) in [5.74, 6) is 0. The first kappa shape index (κ1) is 12.0. The van der Waals surface area contributed by atoms with Gasteiger partial charge in [-0.15, -0.1) is 0 Å². The molecular weight excluding hydrogens is 210 g/mol. The first-order chi connectivity index (χ1) is 8.42. The van der Waals surface area contributed by atoms with Crippen molar-refractivity contribution in [3.05, 3.63) is 42.1 Å². The lowest BCUT2D eigenvalue weighted by molar-refractivity contribution is 0.626. The molecular formula is C14H19N3. The van der Waals surface area contributed by atoms with Crippen LogP contribution in [0.25, 0.3) is 10.9 Å². The Kier molecular flexibility index (Phi) is 4.47. The number of hydrogen-bond donors (Lipinski definition) is 2. The van der Waals surface area contributed by atoms with Gasteiger partial charge in [0.15, 0.2) is 0 Å². The molecule has 0 radical (unpaired) electrons. The molecule has 1 aromatic heterocycles. The van der Waals surface area contributed by atoms with E-state index in [-0.39, 0.29) is 0 Å². The highest BCUT2D eigenvalue weighted by atomic mass is 14.9. The summed E-state index contributed by atoms with van der Waals surface area (Å²) in [5.41, 5.74) is 2.37. The second-order valence-corrected chi connectivity index (χ2v) is 4.02. The van der Waals surface area contributed by atoms with Crippen molar-refractivity contribution in [1.82, 2.24) is 15.6 Å². The lowest BCUT2D eigenvalue weighted by Gasteiger charge is -2.07. The first-order valence-corrected chi connectivity index (χ1v) is 6.16. The van der Waals surface area contributed by atoms with Crippen LogP contribution < -0.4 is 10.6 Å². The van der Waals surface area contributed by atoms with E-state index in [0.717, 1.165) is 31.7 Å². The number of nitrogens with one attached hydrogen (secondary N) is 2. The molecule has 2 rings (SSSR count). The zero-order valence-corrected chi connectivity index (χ0v) is 10.2. The van der Waals surface area contributed by atoms with E-state index in [4.69, 9.17) is 0 Å². The zero-order valence-electron chi connectivity index (χ0n) is 10.2. The van der Waals surface area contributed by atoms with E-state index < -0.39 is 0 Å². The molecule has 0 atom stereocenters. The standard InChI is InChI=1S/C14H19N3/c1-2-15-9-10-16-11-13-6-3-5-12-7-4-8-17-14(12)13/h3-8,15-16H,2,9-11H2,1H3. The molecule has 0 unspecified atom stereocenters. The summed E-state index contributed by atoms with van der Waals surface area (Å²) in [6.07, 6.45) is 1.85. The van der Waals surface area contributed by atoms with Crippen molar-refractivity contribution >= 4 is 10.9 Å². The van der Waals surface area contributed by atoms with Crippen LogP contribution >= 0.6 is 0 Å². The quantitative estimate of drug-likeness (QED) is 0.743. The van der Waals surface area contributed by atoms with Gasteiger partial charge in [-0.1, -0.05) is 31.2 Å². The van der Waals surface area contributed by atoms with Crippen molar-refractivity contribution < 1.29 is 0 Å². The van der Waals surface area contributed by atoms with Crippen molar-refractivity contribution in [3.8, 4) is 0 Å². The van der Waals surface area contributed by atoms with Gasteiger partial charge < -0.3 is 10.6 Å². The summed E-state index contributed by atoms with van der Waals surface area (Å²) in [6, 6.07) is 10.4. The number of likely N-dealkylation sites (N-methyl/N-ethyl adjacent to an activating group) is 1. The van der Waals surface area contributed by atoms with E-state index in [1.54, 1.807) is 0 Å². The number of nitrogens with zero attached hydrogens (tertiary/aromatic N) is 1. The molecule has 1 aromatic carbocycles. The summed E-state index contributed by atoms with van der Waals surface area (Å²) in [4.78, 5) is 4.44. The maximum Gasteiger partial charge on any atom is 0.0746 e. The highest BCUT2D eigenvalue weighted by Gasteiger charge is 2.00. The van der Waals surface area contributed by atoms with E-state index in [0.29, 0.717) is 0 Å². The number of pyridine rings is 1. The summed E-state index contributed by atoms with van der Waals surface area (Å²) < 4.78 is 0. The lowest BCUT2D eigenvalue weighted by Crippen LogP contribution is -2.26. The normalized spacial score (nSPS) is 10.9. The largest absolute Gasteiger partial charge is 0.316 e. The summed E-state index contributed by atoms with van der Waals surface area (Å²) in [7, 11) is 0. The molecule has 2 N–H and O–H groups in total. The molecule has 0 saturated heterocycles. The minimum absolute atomic E-state index is 0.875. The lowest BCUT2D eigenvalue weighted by atomic mass is 10.1. The number of rotatable bonds is 6. The number of fused-ring (bicyclic) bond motifs is 1. The Balaban J connectivity index is 1.98. The molecule has 90 valence electrons. The Bertz CT molecular complexity index is 462. The average Bonchev–Trinajstić information content (AvgIpc) is 2.39. The Morgan fingerprint density at radius 2 is 1.88 bits per heavy atom. The fraction of sp³-hybridized carbons (Fsp3) is 0.357. The third-order valence-electron chi connectivity index (χ3n) is 2.76. The number of benzene rings is 1. The number of para-hydroxylation sites is 1.